The lowest BCUT2D eigenvalue weighted by molar-refractivity contribution is 0.0689. The Morgan fingerprint density at radius 3 is 2.50 bits per heavy atom. The average Bonchev–Trinajstić information content (AvgIpc) is 2.28. The summed E-state index contributed by atoms with van der Waals surface area (Å²) in [6.45, 7) is 1.71. The maximum Gasteiger partial charge on any atom is 0.354 e. The van der Waals surface area contributed by atoms with Gasteiger partial charge in [-0.05, 0) is 36.8 Å². The van der Waals surface area contributed by atoms with E-state index < -0.39 is 15.8 Å². The summed E-state index contributed by atoms with van der Waals surface area (Å²) in [5, 5.41) is 8.89. The molecule has 6 heteroatoms. The van der Waals surface area contributed by atoms with Gasteiger partial charge in [0.05, 0.1) is 11.5 Å². The summed E-state index contributed by atoms with van der Waals surface area (Å²) in [6.07, 6.45) is 2.74. The fourth-order valence-corrected chi connectivity index (χ4v) is 3.76. The number of rotatable bonds is 2. The minimum absolute atomic E-state index is 0.0576. The molecule has 1 fully saturated rings. The number of pyridine rings is 1. The van der Waals surface area contributed by atoms with Gasteiger partial charge in [0.1, 0.15) is 9.84 Å². The second-order valence-electron chi connectivity index (χ2n) is 4.67. The Bertz CT molecular complexity index is 566. The molecular formula is C12H15NO4S. The molecule has 1 aromatic rings. The van der Waals surface area contributed by atoms with E-state index in [1.807, 2.05) is 0 Å². The molecule has 1 aliphatic heterocycles. The van der Waals surface area contributed by atoms with Crippen molar-refractivity contribution < 1.29 is 18.3 Å². The summed E-state index contributed by atoms with van der Waals surface area (Å²) in [4.78, 5) is 14.8. The predicted molar refractivity (Wildman–Crippen MR) is 66.6 cm³/mol. The molecule has 1 aliphatic rings. The van der Waals surface area contributed by atoms with Gasteiger partial charge in [-0.1, -0.05) is 6.07 Å². The third kappa shape index (κ3) is 2.69. The van der Waals surface area contributed by atoms with Crippen LogP contribution < -0.4 is 0 Å². The van der Waals surface area contributed by atoms with E-state index in [1.165, 1.54) is 0 Å². The fraction of sp³-hybridized carbons (Fsp3) is 0.500. The van der Waals surface area contributed by atoms with Gasteiger partial charge < -0.3 is 5.11 Å². The third-order valence-corrected chi connectivity index (χ3v) is 5.04. The molecule has 0 bridgehead atoms. The van der Waals surface area contributed by atoms with Crippen molar-refractivity contribution in [2.24, 2.45) is 0 Å². The van der Waals surface area contributed by atoms with Gasteiger partial charge in [-0.3, -0.25) is 0 Å². The first-order valence-electron chi connectivity index (χ1n) is 5.79. The summed E-state index contributed by atoms with van der Waals surface area (Å²) >= 11 is 0. The molecule has 0 radical (unpaired) electrons. The Hall–Kier alpha value is -1.43. The van der Waals surface area contributed by atoms with Crippen molar-refractivity contribution in [3.63, 3.8) is 0 Å². The number of nitrogens with zero attached hydrogens (tertiary/aromatic N) is 1. The van der Waals surface area contributed by atoms with Crippen LogP contribution in [0.1, 0.15) is 40.4 Å². The lowest BCUT2D eigenvalue weighted by Crippen LogP contribution is -2.22. The third-order valence-electron chi connectivity index (χ3n) is 3.33. The Kier molecular flexibility index (Phi) is 3.38. The molecule has 1 saturated heterocycles. The highest BCUT2D eigenvalue weighted by atomic mass is 32.2. The van der Waals surface area contributed by atoms with Gasteiger partial charge in [-0.2, -0.15) is 0 Å². The SMILES string of the molecule is Cc1cc(C2CCS(=O)(=O)CC2)cnc1C(=O)O. The van der Waals surface area contributed by atoms with Gasteiger partial charge in [-0.15, -0.1) is 0 Å². The Labute approximate surface area is 106 Å². The highest BCUT2D eigenvalue weighted by molar-refractivity contribution is 7.91. The number of aromatic carboxylic acids is 1. The normalized spacial score (nSPS) is 19.6. The molecular weight excluding hydrogens is 254 g/mol. The van der Waals surface area contributed by atoms with Crippen molar-refractivity contribution in [1.82, 2.24) is 4.98 Å². The van der Waals surface area contributed by atoms with Crippen LogP contribution in [0, 0.1) is 6.92 Å². The highest BCUT2D eigenvalue weighted by Gasteiger charge is 2.25. The Morgan fingerprint density at radius 1 is 1.39 bits per heavy atom. The van der Waals surface area contributed by atoms with Crippen molar-refractivity contribution >= 4 is 15.8 Å². The number of carboxylic acid groups (broad SMARTS) is 1. The highest BCUT2D eigenvalue weighted by Crippen LogP contribution is 2.29. The summed E-state index contributed by atoms with van der Waals surface area (Å²) in [6, 6.07) is 1.80. The average molecular weight is 269 g/mol. The summed E-state index contributed by atoms with van der Waals surface area (Å²) in [5.74, 6) is -0.456. The van der Waals surface area contributed by atoms with Crippen LogP contribution in [0.3, 0.4) is 0 Å². The molecule has 0 atom stereocenters. The minimum Gasteiger partial charge on any atom is -0.477 e. The second-order valence-corrected chi connectivity index (χ2v) is 6.97. The van der Waals surface area contributed by atoms with Crippen molar-refractivity contribution in [2.75, 3.05) is 11.5 Å². The number of hydrogen-bond acceptors (Lipinski definition) is 4. The molecule has 0 amide bonds. The molecule has 18 heavy (non-hydrogen) atoms. The molecule has 0 aliphatic carbocycles. The molecule has 98 valence electrons. The lowest BCUT2D eigenvalue weighted by Gasteiger charge is -2.22. The van der Waals surface area contributed by atoms with Crippen LogP contribution >= 0.6 is 0 Å². The number of sulfone groups is 1. The number of carboxylic acids is 1. The van der Waals surface area contributed by atoms with E-state index in [-0.39, 0.29) is 23.1 Å². The topological polar surface area (TPSA) is 84.3 Å². The van der Waals surface area contributed by atoms with Crippen LogP contribution in [-0.4, -0.2) is 36.0 Å². The largest absolute Gasteiger partial charge is 0.477 e. The molecule has 1 aromatic heterocycles. The van der Waals surface area contributed by atoms with Crippen LogP contribution in [-0.2, 0) is 9.84 Å². The van der Waals surface area contributed by atoms with Gasteiger partial charge in [0.2, 0.25) is 0 Å². The zero-order valence-electron chi connectivity index (χ0n) is 10.1. The van der Waals surface area contributed by atoms with E-state index in [4.69, 9.17) is 5.11 Å². The zero-order chi connectivity index (χ0) is 13.3. The van der Waals surface area contributed by atoms with Gasteiger partial charge in [0.25, 0.3) is 0 Å². The van der Waals surface area contributed by atoms with Gasteiger partial charge >= 0.3 is 5.97 Å². The van der Waals surface area contributed by atoms with E-state index in [1.54, 1.807) is 19.2 Å². The number of aromatic nitrogens is 1. The minimum atomic E-state index is -2.87. The molecule has 0 aromatic carbocycles. The first-order valence-corrected chi connectivity index (χ1v) is 7.61. The molecule has 2 heterocycles. The second kappa shape index (κ2) is 4.68. The smallest absolute Gasteiger partial charge is 0.354 e. The van der Waals surface area contributed by atoms with E-state index in [0.717, 1.165) is 5.56 Å². The number of hydrogen-bond donors (Lipinski definition) is 1. The van der Waals surface area contributed by atoms with Gasteiger partial charge in [0, 0.05) is 6.20 Å². The van der Waals surface area contributed by atoms with Crippen molar-refractivity contribution in [2.45, 2.75) is 25.7 Å². The maximum absolute atomic E-state index is 11.3. The summed E-state index contributed by atoms with van der Waals surface area (Å²) in [7, 11) is -2.87. The molecule has 0 unspecified atom stereocenters. The van der Waals surface area contributed by atoms with Crippen LogP contribution in [0.4, 0.5) is 0 Å². The monoisotopic (exact) mass is 269 g/mol. The van der Waals surface area contributed by atoms with Crippen LogP contribution in [0.25, 0.3) is 0 Å². The predicted octanol–water partition coefficient (Wildman–Crippen LogP) is 1.38. The summed E-state index contributed by atoms with van der Waals surface area (Å²) in [5.41, 5.74) is 1.61. The van der Waals surface area contributed by atoms with E-state index in [9.17, 15) is 13.2 Å². The van der Waals surface area contributed by atoms with Crippen molar-refractivity contribution in [3.05, 3.63) is 29.1 Å². The van der Waals surface area contributed by atoms with E-state index in [2.05, 4.69) is 4.98 Å². The quantitative estimate of drug-likeness (QED) is 0.876. The molecule has 2 rings (SSSR count). The fourth-order valence-electron chi connectivity index (χ4n) is 2.27. The first kappa shape index (κ1) is 13.0. The molecule has 1 N–H and O–H groups in total. The summed E-state index contributed by atoms with van der Waals surface area (Å²) < 4.78 is 22.7. The maximum atomic E-state index is 11.3. The van der Waals surface area contributed by atoms with Gasteiger partial charge in [-0.25, -0.2) is 18.2 Å². The van der Waals surface area contributed by atoms with Crippen LogP contribution in [0.2, 0.25) is 0 Å². The standard InChI is InChI=1S/C12H15NO4S/c1-8-6-10(7-13-11(8)12(14)15)9-2-4-18(16,17)5-3-9/h6-7,9H,2-5H2,1H3,(H,14,15). The van der Waals surface area contributed by atoms with Gasteiger partial charge in [0.15, 0.2) is 5.69 Å². The van der Waals surface area contributed by atoms with Crippen LogP contribution in [0.5, 0.6) is 0 Å². The molecule has 5 nitrogen and oxygen atoms in total. The number of aryl methyl sites for hydroxylation is 1. The molecule has 0 saturated carbocycles. The van der Waals surface area contributed by atoms with Crippen molar-refractivity contribution in [1.29, 1.82) is 0 Å². The first-order chi connectivity index (χ1) is 8.39. The Morgan fingerprint density at radius 2 is 2.00 bits per heavy atom. The zero-order valence-corrected chi connectivity index (χ0v) is 10.9. The van der Waals surface area contributed by atoms with Crippen LogP contribution in [0.15, 0.2) is 12.3 Å². The van der Waals surface area contributed by atoms with Crippen molar-refractivity contribution in [3.8, 4) is 0 Å². The lowest BCUT2D eigenvalue weighted by atomic mass is 9.93. The van der Waals surface area contributed by atoms with E-state index in [0.29, 0.717) is 18.4 Å². The molecule has 0 spiro atoms. The van der Waals surface area contributed by atoms with E-state index >= 15 is 0 Å². The number of carbonyl (C=O) groups is 1. The Balaban J connectivity index is 2.21.